The number of ether oxygens (including phenoxy) is 2. The third-order valence-electron chi connectivity index (χ3n) is 5.75. The number of hydrogen-bond acceptors (Lipinski definition) is 6. The summed E-state index contributed by atoms with van der Waals surface area (Å²) in [4.78, 5) is 4.66. The third kappa shape index (κ3) is 6.33. The molecule has 0 spiro atoms. The first-order valence-corrected chi connectivity index (χ1v) is 12.0. The third-order valence-corrected chi connectivity index (χ3v) is 5.75. The Morgan fingerprint density at radius 2 is 1.64 bits per heavy atom. The molecule has 0 atom stereocenters. The van der Waals surface area contributed by atoms with Crippen molar-refractivity contribution in [1.82, 2.24) is 25.6 Å². The van der Waals surface area contributed by atoms with Crippen molar-refractivity contribution in [3.05, 3.63) is 108 Å². The number of tetrazole rings is 1. The molecule has 7 heteroatoms. The van der Waals surface area contributed by atoms with Crippen LogP contribution in [0.2, 0.25) is 0 Å². The molecule has 0 amide bonds. The zero-order valence-corrected chi connectivity index (χ0v) is 19.9. The van der Waals surface area contributed by atoms with Crippen LogP contribution in [-0.2, 0) is 13.0 Å². The van der Waals surface area contributed by atoms with Gasteiger partial charge in [0.2, 0.25) is 0 Å². The predicted molar refractivity (Wildman–Crippen MR) is 140 cm³/mol. The summed E-state index contributed by atoms with van der Waals surface area (Å²) in [5, 5.41) is 15.0. The van der Waals surface area contributed by atoms with Crippen LogP contribution in [0.3, 0.4) is 0 Å². The van der Waals surface area contributed by atoms with Gasteiger partial charge in [0.05, 0.1) is 17.8 Å². The maximum Gasteiger partial charge on any atom is 0.148 e. The number of rotatable bonds is 11. The van der Waals surface area contributed by atoms with Gasteiger partial charge in [0, 0.05) is 17.4 Å². The van der Waals surface area contributed by atoms with E-state index >= 15 is 0 Å². The van der Waals surface area contributed by atoms with Crippen molar-refractivity contribution in [2.45, 2.75) is 25.9 Å². The van der Waals surface area contributed by atoms with Crippen molar-refractivity contribution in [1.29, 1.82) is 0 Å². The molecule has 3 aromatic carbocycles. The first-order valence-electron chi connectivity index (χ1n) is 12.0. The van der Waals surface area contributed by atoms with Gasteiger partial charge in [-0.25, -0.2) is 10.1 Å². The molecular formula is C29H27N5O2. The summed E-state index contributed by atoms with van der Waals surface area (Å²) in [6, 6.07) is 28.3. The SMILES string of the molecule is C(=Cc1ccccc1OCCCCc1nnn[nH]1)c1ccc(OCc2ccc3ccccc3n2)cc1. The number of benzene rings is 3. The van der Waals surface area contributed by atoms with Crippen LogP contribution >= 0.6 is 0 Å². The highest BCUT2D eigenvalue weighted by molar-refractivity contribution is 5.78. The number of para-hydroxylation sites is 2. The average molecular weight is 478 g/mol. The van der Waals surface area contributed by atoms with Crippen LogP contribution in [0.5, 0.6) is 11.5 Å². The lowest BCUT2D eigenvalue weighted by Gasteiger charge is -2.09. The molecule has 0 saturated carbocycles. The highest BCUT2D eigenvalue weighted by atomic mass is 16.5. The number of aromatic amines is 1. The zero-order chi connectivity index (χ0) is 24.4. The Hall–Kier alpha value is -4.52. The molecule has 2 heterocycles. The molecule has 0 aliphatic heterocycles. The second kappa shape index (κ2) is 11.8. The van der Waals surface area contributed by atoms with Crippen LogP contribution in [0.15, 0.2) is 84.9 Å². The van der Waals surface area contributed by atoms with Gasteiger partial charge in [-0.2, -0.15) is 0 Å². The number of aryl methyl sites for hydroxylation is 1. The predicted octanol–water partition coefficient (Wildman–Crippen LogP) is 5.90. The molecule has 2 aromatic heterocycles. The second-order valence-corrected chi connectivity index (χ2v) is 8.38. The van der Waals surface area contributed by atoms with Gasteiger partial charge >= 0.3 is 0 Å². The number of hydrogen-bond donors (Lipinski definition) is 1. The van der Waals surface area contributed by atoms with Gasteiger partial charge in [0.1, 0.15) is 23.9 Å². The number of unbranched alkanes of at least 4 members (excludes halogenated alkanes) is 1. The summed E-state index contributed by atoms with van der Waals surface area (Å²) in [6.45, 7) is 1.07. The maximum absolute atomic E-state index is 6.03. The van der Waals surface area contributed by atoms with E-state index in [1.54, 1.807) is 0 Å². The minimum atomic E-state index is 0.431. The fourth-order valence-corrected chi connectivity index (χ4v) is 3.82. The molecule has 5 rings (SSSR count). The van der Waals surface area contributed by atoms with Crippen LogP contribution in [-0.4, -0.2) is 32.2 Å². The van der Waals surface area contributed by atoms with Gasteiger partial charge in [0.25, 0.3) is 0 Å². The monoisotopic (exact) mass is 477 g/mol. The van der Waals surface area contributed by atoms with E-state index in [0.29, 0.717) is 13.2 Å². The first kappa shape index (κ1) is 23.2. The van der Waals surface area contributed by atoms with Crippen LogP contribution in [0.4, 0.5) is 0 Å². The van der Waals surface area contributed by atoms with Crippen molar-refractivity contribution in [3.63, 3.8) is 0 Å². The van der Waals surface area contributed by atoms with E-state index < -0.39 is 0 Å². The van der Waals surface area contributed by atoms with Crippen molar-refractivity contribution in [3.8, 4) is 11.5 Å². The van der Waals surface area contributed by atoms with Gasteiger partial charge in [-0.15, -0.1) is 5.10 Å². The summed E-state index contributed by atoms with van der Waals surface area (Å²) < 4.78 is 12.0. The van der Waals surface area contributed by atoms with Crippen LogP contribution in [0.25, 0.3) is 23.1 Å². The highest BCUT2D eigenvalue weighted by Gasteiger charge is 2.03. The first-order chi connectivity index (χ1) is 17.8. The molecular weight excluding hydrogens is 450 g/mol. The highest BCUT2D eigenvalue weighted by Crippen LogP contribution is 2.22. The van der Waals surface area contributed by atoms with Crippen molar-refractivity contribution in [2.75, 3.05) is 6.61 Å². The second-order valence-electron chi connectivity index (χ2n) is 8.38. The number of aromatic nitrogens is 5. The van der Waals surface area contributed by atoms with E-state index in [1.807, 2.05) is 66.7 Å². The lowest BCUT2D eigenvalue weighted by Crippen LogP contribution is -2.00. The zero-order valence-electron chi connectivity index (χ0n) is 19.9. The Bertz CT molecular complexity index is 1420. The molecule has 0 unspecified atom stereocenters. The Labute approximate surface area is 209 Å². The smallest absolute Gasteiger partial charge is 0.148 e. The van der Waals surface area contributed by atoms with Gasteiger partial charge < -0.3 is 9.47 Å². The summed E-state index contributed by atoms with van der Waals surface area (Å²) in [6.07, 6.45) is 6.85. The fourth-order valence-electron chi connectivity index (χ4n) is 3.82. The van der Waals surface area contributed by atoms with Crippen LogP contribution < -0.4 is 9.47 Å². The topological polar surface area (TPSA) is 85.8 Å². The van der Waals surface area contributed by atoms with E-state index in [4.69, 9.17) is 9.47 Å². The van der Waals surface area contributed by atoms with Crippen molar-refractivity contribution < 1.29 is 9.47 Å². The van der Waals surface area contributed by atoms with Gasteiger partial charge in [-0.05, 0) is 59.2 Å². The summed E-state index contributed by atoms with van der Waals surface area (Å²) >= 11 is 0. The summed E-state index contributed by atoms with van der Waals surface area (Å²) in [5.74, 6) is 2.49. The largest absolute Gasteiger partial charge is 0.493 e. The molecule has 0 radical (unpaired) electrons. The van der Waals surface area contributed by atoms with Crippen molar-refractivity contribution >= 4 is 23.1 Å². The minimum Gasteiger partial charge on any atom is -0.493 e. The standard InChI is InChI=1S/C29H27N5O2/c1-3-9-27-23(7-1)16-17-25(30-27)21-36-26-18-13-22(14-19-26)12-15-24-8-2-4-10-28(24)35-20-6-5-11-29-31-33-34-32-29/h1-4,7-10,12-19H,5-6,11,20-21H2,(H,31,32,33,34). The summed E-state index contributed by atoms with van der Waals surface area (Å²) in [5.41, 5.74) is 4.01. The Morgan fingerprint density at radius 1 is 0.778 bits per heavy atom. The molecule has 180 valence electrons. The normalized spacial score (nSPS) is 11.2. The Kier molecular flexibility index (Phi) is 7.58. The number of fused-ring (bicyclic) bond motifs is 1. The molecule has 0 saturated heterocycles. The number of nitrogens with zero attached hydrogens (tertiary/aromatic N) is 4. The van der Waals surface area contributed by atoms with Gasteiger partial charge in [-0.3, -0.25) is 0 Å². The molecule has 0 aliphatic carbocycles. The molecule has 0 bridgehead atoms. The van der Waals surface area contributed by atoms with Crippen molar-refractivity contribution in [2.24, 2.45) is 0 Å². The van der Waals surface area contributed by atoms with E-state index in [1.165, 1.54) is 0 Å². The minimum absolute atomic E-state index is 0.431. The maximum atomic E-state index is 6.03. The number of pyridine rings is 1. The van der Waals surface area contributed by atoms with E-state index in [2.05, 4.69) is 56.0 Å². The Morgan fingerprint density at radius 3 is 2.53 bits per heavy atom. The molecule has 1 N–H and O–H groups in total. The molecule has 5 aromatic rings. The number of nitrogens with one attached hydrogen (secondary N) is 1. The lowest BCUT2D eigenvalue weighted by atomic mass is 10.1. The average Bonchev–Trinajstić information content (AvgIpc) is 3.45. The fraction of sp³-hybridized carbons (Fsp3) is 0.172. The van der Waals surface area contributed by atoms with Crippen LogP contribution in [0.1, 0.15) is 35.5 Å². The summed E-state index contributed by atoms with van der Waals surface area (Å²) in [7, 11) is 0. The Balaban J connectivity index is 1.12. The molecule has 36 heavy (non-hydrogen) atoms. The molecule has 0 fully saturated rings. The van der Waals surface area contributed by atoms with Gasteiger partial charge in [-0.1, -0.05) is 66.7 Å². The molecule has 7 nitrogen and oxygen atoms in total. The van der Waals surface area contributed by atoms with E-state index in [0.717, 1.165) is 64.3 Å². The quantitative estimate of drug-likeness (QED) is 0.188. The van der Waals surface area contributed by atoms with E-state index in [-0.39, 0.29) is 0 Å². The van der Waals surface area contributed by atoms with E-state index in [9.17, 15) is 0 Å². The number of H-pyrrole nitrogens is 1. The lowest BCUT2D eigenvalue weighted by molar-refractivity contribution is 0.302. The van der Waals surface area contributed by atoms with Gasteiger partial charge in [0.15, 0.2) is 0 Å². The molecule has 0 aliphatic rings. The van der Waals surface area contributed by atoms with Crippen LogP contribution in [0, 0.1) is 0 Å².